The minimum atomic E-state index is -3.85. The molecule has 0 unspecified atom stereocenters. The highest BCUT2D eigenvalue weighted by molar-refractivity contribution is 7.89. The maximum absolute atomic E-state index is 13.3. The molecular formula is C21H26ClN3O3S. The molecule has 156 valence electrons. The van der Waals surface area contributed by atoms with E-state index in [4.69, 9.17) is 11.6 Å². The van der Waals surface area contributed by atoms with Gasteiger partial charge in [0.25, 0.3) is 0 Å². The zero-order chi connectivity index (χ0) is 21.0. The molecule has 2 aromatic rings. The van der Waals surface area contributed by atoms with Crippen molar-refractivity contribution in [3.63, 3.8) is 0 Å². The summed E-state index contributed by atoms with van der Waals surface area (Å²) in [7, 11) is -1.84. The summed E-state index contributed by atoms with van der Waals surface area (Å²) in [5, 5.41) is 0.461. The zero-order valence-corrected chi connectivity index (χ0v) is 18.3. The Morgan fingerprint density at radius 3 is 2.17 bits per heavy atom. The molecule has 0 spiro atoms. The fraction of sp³-hybridized carbons (Fsp3) is 0.381. The molecule has 8 heteroatoms. The van der Waals surface area contributed by atoms with E-state index in [9.17, 15) is 13.2 Å². The van der Waals surface area contributed by atoms with E-state index in [2.05, 4.69) is 4.90 Å². The number of hydrogen-bond acceptors (Lipinski definition) is 4. The van der Waals surface area contributed by atoms with Crippen molar-refractivity contribution in [1.82, 2.24) is 14.1 Å². The standard InChI is InChI=1S/C21H26ClN3O3S/c1-17-3-5-18(6-4-17)15-25(16-21(26)24-13-11-23(2)12-14-24)29(27,28)20-9-7-19(22)8-10-20/h3-10H,11-16H2,1-2H3. The van der Waals surface area contributed by atoms with Crippen molar-refractivity contribution in [2.75, 3.05) is 39.8 Å². The summed E-state index contributed by atoms with van der Waals surface area (Å²) >= 11 is 5.91. The summed E-state index contributed by atoms with van der Waals surface area (Å²) < 4.78 is 27.8. The fourth-order valence-electron chi connectivity index (χ4n) is 3.19. The number of benzene rings is 2. The third-order valence-electron chi connectivity index (χ3n) is 5.10. The van der Waals surface area contributed by atoms with Crippen LogP contribution in [0.2, 0.25) is 5.02 Å². The van der Waals surface area contributed by atoms with E-state index in [1.54, 1.807) is 17.0 Å². The Hall–Kier alpha value is -1.93. The van der Waals surface area contributed by atoms with Crippen LogP contribution in [0.5, 0.6) is 0 Å². The van der Waals surface area contributed by atoms with Crippen LogP contribution in [-0.2, 0) is 21.4 Å². The summed E-state index contributed by atoms with van der Waals surface area (Å²) in [6, 6.07) is 13.7. The van der Waals surface area contributed by atoms with E-state index < -0.39 is 10.0 Å². The van der Waals surface area contributed by atoms with Crippen molar-refractivity contribution >= 4 is 27.5 Å². The van der Waals surface area contributed by atoms with Crippen LogP contribution >= 0.6 is 11.6 Å². The molecule has 0 aliphatic carbocycles. The fourth-order valence-corrected chi connectivity index (χ4v) is 4.69. The third kappa shape index (κ3) is 5.57. The lowest BCUT2D eigenvalue weighted by molar-refractivity contribution is -0.133. The number of hydrogen-bond donors (Lipinski definition) is 0. The maximum atomic E-state index is 13.3. The molecule has 3 rings (SSSR count). The predicted octanol–water partition coefficient (Wildman–Crippen LogP) is 2.61. The minimum Gasteiger partial charge on any atom is -0.339 e. The molecule has 0 saturated carbocycles. The average molecular weight is 436 g/mol. The molecule has 1 saturated heterocycles. The summed E-state index contributed by atoms with van der Waals surface area (Å²) in [5.41, 5.74) is 1.92. The summed E-state index contributed by atoms with van der Waals surface area (Å²) in [6.07, 6.45) is 0. The van der Waals surface area contributed by atoms with Crippen LogP contribution in [0.3, 0.4) is 0 Å². The number of aryl methyl sites for hydroxylation is 1. The highest BCUT2D eigenvalue weighted by atomic mass is 35.5. The van der Waals surface area contributed by atoms with Crippen molar-refractivity contribution in [3.8, 4) is 0 Å². The smallest absolute Gasteiger partial charge is 0.243 e. The molecule has 1 aliphatic heterocycles. The Morgan fingerprint density at radius 2 is 1.59 bits per heavy atom. The molecule has 1 fully saturated rings. The second-order valence-electron chi connectivity index (χ2n) is 7.40. The van der Waals surface area contributed by atoms with Gasteiger partial charge in [-0.05, 0) is 43.8 Å². The lowest BCUT2D eigenvalue weighted by Gasteiger charge is -2.33. The van der Waals surface area contributed by atoms with E-state index in [0.29, 0.717) is 18.1 Å². The first-order chi connectivity index (χ1) is 13.8. The average Bonchev–Trinajstić information content (AvgIpc) is 2.70. The van der Waals surface area contributed by atoms with Crippen LogP contribution in [0.25, 0.3) is 0 Å². The van der Waals surface area contributed by atoms with Crippen molar-refractivity contribution in [1.29, 1.82) is 0 Å². The number of likely N-dealkylation sites (N-methyl/N-ethyl adjacent to an activating group) is 1. The number of piperazine rings is 1. The number of carbonyl (C=O) groups is 1. The van der Waals surface area contributed by atoms with Gasteiger partial charge in [0.2, 0.25) is 15.9 Å². The molecule has 0 N–H and O–H groups in total. The van der Waals surface area contributed by atoms with E-state index in [0.717, 1.165) is 24.2 Å². The normalized spacial score (nSPS) is 15.7. The molecule has 0 bridgehead atoms. The molecule has 1 amide bonds. The second kappa shape index (κ2) is 9.26. The maximum Gasteiger partial charge on any atom is 0.243 e. The van der Waals surface area contributed by atoms with Gasteiger partial charge in [0.15, 0.2) is 0 Å². The molecular weight excluding hydrogens is 410 g/mol. The number of carbonyl (C=O) groups excluding carboxylic acids is 1. The molecule has 29 heavy (non-hydrogen) atoms. The zero-order valence-electron chi connectivity index (χ0n) is 16.7. The van der Waals surface area contributed by atoms with Crippen LogP contribution in [-0.4, -0.2) is 68.2 Å². The number of sulfonamides is 1. The number of amides is 1. The summed E-state index contributed by atoms with van der Waals surface area (Å²) in [4.78, 5) is 16.9. The Morgan fingerprint density at radius 1 is 1.00 bits per heavy atom. The molecule has 1 heterocycles. The minimum absolute atomic E-state index is 0.125. The van der Waals surface area contributed by atoms with Gasteiger partial charge < -0.3 is 9.80 Å². The Bertz CT molecular complexity index is 938. The number of nitrogens with zero attached hydrogens (tertiary/aromatic N) is 3. The highest BCUT2D eigenvalue weighted by Gasteiger charge is 2.29. The quantitative estimate of drug-likeness (QED) is 0.699. The van der Waals surface area contributed by atoms with Crippen LogP contribution in [0.4, 0.5) is 0 Å². The Balaban J connectivity index is 1.85. The van der Waals surface area contributed by atoms with Crippen LogP contribution in [0.15, 0.2) is 53.4 Å². The third-order valence-corrected chi connectivity index (χ3v) is 7.16. The van der Waals surface area contributed by atoms with Crippen LogP contribution in [0.1, 0.15) is 11.1 Å². The van der Waals surface area contributed by atoms with E-state index in [-0.39, 0.29) is 23.9 Å². The summed E-state index contributed by atoms with van der Waals surface area (Å²) in [5.74, 6) is -0.178. The van der Waals surface area contributed by atoms with Crippen molar-refractivity contribution in [2.24, 2.45) is 0 Å². The first kappa shape index (κ1) is 21.8. The number of rotatable bonds is 6. The van der Waals surface area contributed by atoms with Gasteiger partial charge in [0, 0.05) is 37.7 Å². The second-order valence-corrected chi connectivity index (χ2v) is 9.77. The first-order valence-corrected chi connectivity index (χ1v) is 11.3. The van der Waals surface area contributed by atoms with Gasteiger partial charge in [-0.15, -0.1) is 0 Å². The monoisotopic (exact) mass is 435 g/mol. The highest BCUT2D eigenvalue weighted by Crippen LogP contribution is 2.21. The van der Waals surface area contributed by atoms with Gasteiger partial charge in [0.1, 0.15) is 0 Å². The van der Waals surface area contributed by atoms with Gasteiger partial charge in [-0.1, -0.05) is 41.4 Å². The summed E-state index contributed by atoms with van der Waals surface area (Å²) in [6.45, 7) is 4.70. The van der Waals surface area contributed by atoms with Gasteiger partial charge in [-0.3, -0.25) is 4.79 Å². The lowest BCUT2D eigenvalue weighted by Crippen LogP contribution is -2.50. The van der Waals surface area contributed by atoms with Crippen LogP contribution in [0, 0.1) is 6.92 Å². The molecule has 1 aliphatic rings. The molecule has 0 atom stereocenters. The van der Waals surface area contributed by atoms with Crippen molar-refractivity contribution in [3.05, 3.63) is 64.7 Å². The SMILES string of the molecule is Cc1ccc(CN(CC(=O)N2CCN(C)CC2)S(=O)(=O)c2ccc(Cl)cc2)cc1. The molecule has 0 radical (unpaired) electrons. The van der Waals surface area contributed by atoms with Gasteiger partial charge in [0.05, 0.1) is 11.4 Å². The van der Waals surface area contributed by atoms with Crippen molar-refractivity contribution in [2.45, 2.75) is 18.4 Å². The predicted molar refractivity (Wildman–Crippen MR) is 114 cm³/mol. The molecule has 6 nitrogen and oxygen atoms in total. The Labute approximate surface area is 177 Å². The number of halogens is 1. The van der Waals surface area contributed by atoms with Crippen molar-refractivity contribution < 1.29 is 13.2 Å². The van der Waals surface area contributed by atoms with E-state index in [1.807, 2.05) is 38.2 Å². The van der Waals surface area contributed by atoms with Gasteiger partial charge in [-0.2, -0.15) is 4.31 Å². The first-order valence-electron chi connectivity index (χ1n) is 9.53. The Kier molecular flexibility index (Phi) is 6.95. The molecule has 2 aromatic carbocycles. The molecule has 0 aromatic heterocycles. The van der Waals surface area contributed by atoms with Gasteiger partial charge in [-0.25, -0.2) is 8.42 Å². The van der Waals surface area contributed by atoms with Gasteiger partial charge >= 0.3 is 0 Å². The topological polar surface area (TPSA) is 60.9 Å². The van der Waals surface area contributed by atoms with E-state index >= 15 is 0 Å². The lowest BCUT2D eigenvalue weighted by atomic mass is 10.1. The van der Waals surface area contributed by atoms with Crippen LogP contribution < -0.4 is 0 Å². The largest absolute Gasteiger partial charge is 0.339 e. The van der Waals surface area contributed by atoms with E-state index in [1.165, 1.54) is 16.4 Å².